The Hall–Kier alpha value is -2.74. The van der Waals surface area contributed by atoms with Gasteiger partial charge in [-0.2, -0.15) is 4.31 Å². The number of carbonyl (C=O) groups is 1. The third-order valence-electron chi connectivity index (χ3n) is 5.62. The number of nitrogens with one attached hydrogen (secondary N) is 2. The van der Waals surface area contributed by atoms with Crippen LogP contribution in [-0.4, -0.2) is 51.4 Å². The second-order valence-corrected chi connectivity index (χ2v) is 9.64. The van der Waals surface area contributed by atoms with Crippen LogP contribution >= 0.6 is 0 Å². The third kappa shape index (κ3) is 4.38. The summed E-state index contributed by atoms with van der Waals surface area (Å²) in [6.45, 7) is 4.31. The average Bonchev–Trinajstić information content (AvgIpc) is 2.75. The summed E-state index contributed by atoms with van der Waals surface area (Å²) in [5, 5.41) is 4.88. The molecule has 0 aromatic heterocycles. The van der Waals surface area contributed by atoms with E-state index in [9.17, 15) is 13.2 Å². The molecule has 30 heavy (non-hydrogen) atoms. The minimum absolute atomic E-state index is 0.0508. The smallest absolute Gasteiger partial charge is 0.279 e. The Morgan fingerprint density at radius 1 is 0.967 bits per heavy atom. The van der Waals surface area contributed by atoms with Gasteiger partial charge in [0.2, 0.25) is 10.0 Å². The first-order valence-corrected chi connectivity index (χ1v) is 11.6. The maximum atomic E-state index is 13.1. The number of sulfonamides is 1. The van der Waals surface area contributed by atoms with Crippen molar-refractivity contribution < 1.29 is 18.1 Å². The largest absolute Gasteiger partial charge is 0.325 e. The first kappa shape index (κ1) is 20.5. The number of rotatable bonds is 5. The number of aryl methyl sites for hydroxylation is 1. The van der Waals surface area contributed by atoms with Crippen LogP contribution in [0.15, 0.2) is 71.6 Å². The number of carbonyl (C=O) groups excluding carboxylic acids is 1. The van der Waals surface area contributed by atoms with E-state index in [1.807, 2.05) is 61.5 Å². The maximum absolute atomic E-state index is 13.1. The molecule has 0 saturated carbocycles. The standard InChI is InChI=1S/C23H25N3O3S/c1-18-6-2-5-9-22(18)24-23(27)17-25-12-14-26(15-13-25)30(28,29)21-11-10-19-7-3-4-8-20(19)16-21/h2-11,16H,12-15,17H2,1H3,(H,24,27)/p+1. The molecular formula is C23H26N3O3S+. The van der Waals surface area contributed by atoms with E-state index in [4.69, 9.17) is 0 Å². The predicted octanol–water partition coefficient (Wildman–Crippen LogP) is 1.68. The molecule has 7 heteroatoms. The molecule has 1 saturated heterocycles. The molecule has 1 fully saturated rings. The maximum Gasteiger partial charge on any atom is 0.279 e. The van der Waals surface area contributed by atoms with Crippen LogP contribution in [0.4, 0.5) is 5.69 Å². The Morgan fingerprint density at radius 2 is 1.63 bits per heavy atom. The summed E-state index contributed by atoms with van der Waals surface area (Å²) in [4.78, 5) is 13.8. The van der Waals surface area contributed by atoms with Gasteiger partial charge >= 0.3 is 0 Å². The fourth-order valence-electron chi connectivity index (χ4n) is 3.83. The van der Waals surface area contributed by atoms with Crippen LogP contribution in [0.25, 0.3) is 10.8 Å². The van der Waals surface area contributed by atoms with E-state index in [1.165, 1.54) is 4.31 Å². The Bertz CT molecular complexity index is 1170. The lowest BCUT2D eigenvalue weighted by Gasteiger charge is -2.31. The van der Waals surface area contributed by atoms with E-state index in [-0.39, 0.29) is 5.91 Å². The highest BCUT2D eigenvalue weighted by molar-refractivity contribution is 7.89. The highest BCUT2D eigenvalue weighted by Gasteiger charge is 2.31. The highest BCUT2D eigenvalue weighted by atomic mass is 32.2. The van der Waals surface area contributed by atoms with Crippen LogP contribution in [0, 0.1) is 6.92 Å². The zero-order chi connectivity index (χ0) is 21.1. The van der Waals surface area contributed by atoms with Gasteiger partial charge in [-0.3, -0.25) is 4.79 Å². The van der Waals surface area contributed by atoms with Crippen molar-refractivity contribution in [3.63, 3.8) is 0 Å². The van der Waals surface area contributed by atoms with Crippen LogP contribution in [0.5, 0.6) is 0 Å². The lowest BCUT2D eigenvalue weighted by molar-refractivity contribution is -0.895. The van der Waals surface area contributed by atoms with Gasteiger partial charge in [-0.05, 0) is 41.5 Å². The molecule has 156 valence electrons. The molecule has 0 atom stereocenters. The van der Waals surface area contributed by atoms with Crippen molar-refractivity contribution in [2.45, 2.75) is 11.8 Å². The zero-order valence-electron chi connectivity index (χ0n) is 17.0. The molecule has 1 amide bonds. The molecule has 3 aromatic carbocycles. The van der Waals surface area contributed by atoms with Gasteiger partial charge < -0.3 is 10.2 Å². The van der Waals surface area contributed by atoms with Gasteiger partial charge in [0, 0.05) is 5.69 Å². The Morgan fingerprint density at radius 3 is 2.37 bits per heavy atom. The van der Waals surface area contributed by atoms with Crippen molar-refractivity contribution in [3.05, 3.63) is 72.3 Å². The number of piperazine rings is 1. The molecule has 3 aromatic rings. The van der Waals surface area contributed by atoms with E-state index in [0.717, 1.165) is 26.9 Å². The van der Waals surface area contributed by atoms with Gasteiger partial charge in [0.1, 0.15) is 0 Å². The minimum atomic E-state index is -3.54. The van der Waals surface area contributed by atoms with E-state index < -0.39 is 10.0 Å². The average molecular weight is 425 g/mol. The quantitative estimate of drug-likeness (QED) is 0.655. The molecule has 0 unspecified atom stereocenters. The topological polar surface area (TPSA) is 70.9 Å². The van der Waals surface area contributed by atoms with Crippen molar-refractivity contribution in [3.8, 4) is 0 Å². The van der Waals surface area contributed by atoms with Gasteiger partial charge in [0.15, 0.2) is 6.54 Å². The van der Waals surface area contributed by atoms with Gasteiger partial charge in [0.05, 0.1) is 31.1 Å². The van der Waals surface area contributed by atoms with Crippen molar-refractivity contribution >= 4 is 32.4 Å². The zero-order valence-corrected chi connectivity index (χ0v) is 17.8. The van der Waals surface area contributed by atoms with Gasteiger partial charge in [0.25, 0.3) is 5.91 Å². The highest BCUT2D eigenvalue weighted by Crippen LogP contribution is 2.22. The molecule has 0 bridgehead atoms. The SMILES string of the molecule is Cc1ccccc1NC(=O)C[NH+]1CCN(S(=O)(=O)c2ccc3ccccc3c2)CC1. The van der Waals surface area contributed by atoms with E-state index in [2.05, 4.69) is 5.32 Å². The lowest BCUT2D eigenvalue weighted by Crippen LogP contribution is -3.15. The number of benzene rings is 3. The van der Waals surface area contributed by atoms with E-state index in [0.29, 0.717) is 37.6 Å². The van der Waals surface area contributed by atoms with Gasteiger partial charge in [-0.25, -0.2) is 8.42 Å². The minimum Gasteiger partial charge on any atom is -0.325 e. The number of anilines is 1. The van der Waals surface area contributed by atoms with Crippen molar-refractivity contribution in [1.82, 2.24) is 4.31 Å². The Kier molecular flexibility index (Phi) is 5.85. The molecule has 4 rings (SSSR count). The first-order chi connectivity index (χ1) is 14.4. The summed E-state index contributed by atoms with van der Waals surface area (Å²) < 4.78 is 27.7. The number of para-hydroxylation sites is 1. The molecular weight excluding hydrogens is 398 g/mol. The molecule has 6 nitrogen and oxygen atoms in total. The summed E-state index contributed by atoms with van der Waals surface area (Å²) >= 11 is 0. The van der Waals surface area contributed by atoms with Crippen molar-refractivity contribution in [1.29, 1.82) is 0 Å². The Balaban J connectivity index is 1.37. The lowest BCUT2D eigenvalue weighted by atomic mass is 10.1. The molecule has 0 spiro atoms. The first-order valence-electron chi connectivity index (χ1n) is 10.1. The molecule has 1 aliphatic rings. The van der Waals surface area contributed by atoms with Crippen LogP contribution in [0.3, 0.4) is 0 Å². The molecule has 1 heterocycles. The normalized spacial score (nSPS) is 15.9. The number of hydrogen-bond acceptors (Lipinski definition) is 3. The number of nitrogens with zero attached hydrogens (tertiary/aromatic N) is 1. The number of fused-ring (bicyclic) bond motifs is 1. The summed E-state index contributed by atoms with van der Waals surface area (Å²) in [6.07, 6.45) is 0. The number of quaternary nitrogens is 1. The van der Waals surface area contributed by atoms with Crippen LogP contribution in [0.2, 0.25) is 0 Å². The summed E-state index contributed by atoms with van der Waals surface area (Å²) in [5.74, 6) is -0.0508. The molecule has 1 aliphatic heterocycles. The third-order valence-corrected chi connectivity index (χ3v) is 7.51. The fraction of sp³-hybridized carbons (Fsp3) is 0.261. The summed E-state index contributed by atoms with van der Waals surface area (Å²) in [5.41, 5.74) is 1.84. The molecule has 0 radical (unpaired) electrons. The van der Waals surface area contributed by atoms with Crippen molar-refractivity contribution in [2.75, 3.05) is 38.0 Å². The van der Waals surface area contributed by atoms with E-state index >= 15 is 0 Å². The van der Waals surface area contributed by atoms with Gasteiger partial charge in [-0.15, -0.1) is 0 Å². The van der Waals surface area contributed by atoms with Crippen molar-refractivity contribution in [2.24, 2.45) is 0 Å². The summed E-state index contributed by atoms with van der Waals surface area (Å²) in [7, 11) is -3.54. The number of amides is 1. The second kappa shape index (κ2) is 8.55. The van der Waals surface area contributed by atoms with Crippen LogP contribution in [0.1, 0.15) is 5.56 Å². The fourth-order valence-corrected chi connectivity index (χ4v) is 5.31. The second-order valence-electron chi connectivity index (χ2n) is 7.70. The number of hydrogen-bond donors (Lipinski definition) is 2. The van der Waals surface area contributed by atoms with Gasteiger partial charge in [-0.1, -0.05) is 48.5 Å². The summed E-state index contributed by atoms with van der Waals surface area (Å²) in [6, 6.07) is 20.7. The van der Waals surface area contributed by atoms with Crippen LogP contribution < -0.4 is 10.2 Å². The monoisotopic (exact) mass is 424 g/mol. The molecule has 2 N–H and O–H groups in total. The predicted molar refractivity (Wildman–Crippen MR) is 118 cm³/mol. The van der Waals surface area contributed by atoms with E-state index in [1.54, 1.807) is 12.1 Å². The Labute approximate surface area is 177 Å². The molecule has 0 aliphatic carbocycles. The van der Waals surface area contributed by atoms with Crippen LogP contribution in [-0.2, 0) is 14.8 Å².